The first-order valence-corrected chi connectivity index (χ1v) is 7.84. The van der Waals surface area contributed by atoms with E-state index in [0.29, 0.717) is 12.1 Å². The summed E-state index contributed by atoms with van der Waals surface area (Å²) in [5.41, 5.74) is 0. The van der Waals surface area contributed by atoms with Gasteiger partial charge < -0.3 is 15.5 Å². The van der Waals surface area contributed by atoms with Gasteiger partial charge in [-0.15, -0.1) is 24.0 Å². The molecule has 2 saturated carbocycles. The highest BCUT2D eigenvalue weighted by molar-refractivity contribution is 14.0. The lowest BCUT2D eigenvalue weighted by Crippen LogP contribution is -2.49. The third kappa shape index (κ3) is 5.76. The molecule has 5 heteroatoms. The molecule has 0 spiro atoms. The van der Waals surface area contributed by atoms with Crippen LogP contribution >= 0.6 is 24.0 Å². The summed E-state index contributed by atoms with van der Waals surface area (Å²) in [5.74, 6) is 1.87. The van der Waals surface area contributed by atoms with E-state index in [-0.39, 0.29) is 24.0 Å². The van der Waals surface area contributed by atoms with Gasteiger partial charge in [-0.2, -0.15) is 0 Å². The zero-order valence-corrected chi connectivity index (χ0v) is 15.5. The molecule has 4 nitrogen and oxygen atoms in total. The Hall–Kier alpha value is -0.0400. The Morgan fingerprint density at radius 3 is 2.30 bits per heavy atom. The number of nitrogens with zero attached hydrogens (tertiary/aromatic N) is 2. The molecule has 0 aromatic carbocycles. The zero-order chi connectivity index (χ0) is 13.7. The van der Waals surface area contributed by atoms with E-state index in [1.165, 1.54) is 44.9 Å². The second-order valence-electron chi connectivity index (χ2n) is 6.30. The van der Waals surface area contributed by atoms with Gasteiger partial charge in [-0.1, -0.05) is 19.3 Å². The maximum atomic E-state index is 4.37. The van der Waals surface area contributed by atoms with Gasteiger partial charge in [0.25, 0.3) is 0 Å². The Labute approximate surface area is 141 Å². The van der Waals surface area contributed by atoms with E-state index in [1.54, 1.807) is 0 Å². The van der Waals surface area contributed by atoms with Crippen LogP contribution in [0.2, 0.25) is 0 Å². The van der Waals surface area contributed by atoms with Crippen LogP contribution in [0.3, 0.4) is 0 Å². The van der Waals surface area contributed by atoms with Crippen LogP contribution in [0.1, 0.15) is 44.9 Å². The predicted molar refractivity (Wildman–Crippen MR) is 97.0 cm³/mol. The van der Waals surface area contributed by atoms with Crippen LogP contribution < -0.4 is 10.6 Å². The SMILES string of the molecule is CN=C(NCC(C1CC1)N(C)C)NC1CCCCC1.I. The Morgan fingerprint density at radius 2 is 1.80 bits per heavy atom. The highest BCUT2D eigenvalue weighted by atomic mass is 127. The number of likely N-dealkylation sites (N-methyl/N-ethyl adjacent to an activating group) is 1. The third-order valence-corrected chi connectivity index (χ3v) is 4.48. The van der Waals surface area contributed by atoms with Crippen molar-refractivity contribution >= 4 is 29.9 Å². The number of halogens is 1. The summed E-state index contributed by atoms with van der Waals surface area (Å²) in [6.45, 7) is 1.00. The topological polar surface area (TPSA) is 39.7 Å². The average molecular weight is 394 g/mol. The van der Waals surface area contributed by atoms with Gasteiger partial charge >= 0.3 is 0 Å². The van der Waals surface area contributed by atoms with Crippen LogP contribution in [0.4, 0.5) is 0 Å². The van der Waals surface area contributed by atoms with E-state index in [4.69, 9.17) is 0 Å². The molecule has 0 bridgehead atoms. The molecule has 0 heterocycles. The second-order valence-corrected chi connectivity index (χ2v) is 6.30. The highest BCUT2D eigenvalue weighted by Gasteiger charge is 2.32. The van der Waals surface area contributed by atoms with Gasteiger partial charge in [0.15, 0.2) is 5.96 Å². The van der Waals surface area contributed by atoms with E-state index in [1.807, 2.05) is 7.05 Å². The number of rotatable bonds is 5. The predicted octanol–water partition coefficient (Wildman–Crippen LogP) is 2.44. The number of aliphatic imine (C=N–C) groups is 1. The van der Waals surface area contributed by atoms with Crippen molar-refractivity contribution in [1.82, 2.24) is 15.5 Å². The van der Waals surface area contributed by atoms with Crippen LogP contribution in [0, 0.1) is 5.92 Å². The molecule has 2 rings (SSSR count). The molecule has 2 N–H and O–H groups in total. The molecule has 1 unspecified atom stereocenters. The Balaban J connectivity index is 0.00000200. The summed E-state index contributed by atoms with van der Waals surface area (Å²) in [7, 11) is 6.24. The van der Waals surface area contributed by atoms with Crippen LogP contribution in [0.5, 0.6) is 0 Å². The standard InChI is InChI=1S/C15H30N4.HI/c1-16-15(18-13-7-5-4-6-8-13)17-11-14(19(2)3)12-9-10-12;/h12-14H,4-11H2,1-3H3,(H2,16,17,18);1H. The summed E-state index contributed by atoms with van der Waals surface area (Å²) < 4.78 is 0. The minimum atomic E-state index is 0. The molecule has 2 aliphatic rings. The largest absolute Gasteiger partial charge is 0.355 e. The van der Waals surface area contributed by atoms with Crippen LogP contribution in [-0.2, 0) is 0 Å². The fourth-order valence-corrected chi connectivity index (χ4v) is 3.09. The fourth-order valence-electron chi connectivity index (χ4n) is 3.09. The first kappa shape index (κ1) is 18.0. The number of nitrogens with one attached hydrogen (secondary N) is 2. The van der Waals surface area contributed by atoms with Crippen LogP contribution in [0.25, 0.3) is 0 Å². The number of guanidine groups is 1. The monoisotopic (exact) mass is 394 g/mol. The maximum absolute atomic E-state index is 4.37. The van der Waals surface area contributed by atoms with Crippen molar-refractivity contribution in [3.8, 4) is 0 Å². The average Bonchev–Trinajstić information content (AvgIpc) is 3.23. The van der Waals surface area contributed by atoms with Crippen molar-refractivity contribution in [1.29, 1.82) is 0 Å². The van der Waals surface area contributed by atoms with Gasteiger partial charge in [-0.3, -0.25) is 4.99 Å². The van der Waals surface area contributed by atoms with Crippen LogP contribution in [-0.4, -0.2) is 50.6 Å². The summed E-state index contributed by atoms with van der Waals surface area (Å²) in [6.07, 6.45) is 9.47. The molecule has 0 aromatic heterocycles. The third-order valence-electron chi connectivity index (χ3n) is 4.48. The quantitative estimate of drug-likeness (QED) is 0.428. The minimum Gasteiger partial charge on any atom is -0.355 e. The smallest absolute Gasteiger partial charge is 0.191 e. The molecule has 0 radical (unpaired) electrons. The summed E-state index contributed by atoms with van der Waals surface area (Å²) in [6, 6.07) is 1.27. The molecule has 20 heavy (non-hydrogen) atoms. The minimum absolute atomic E-state index is 0. The van der Waals surface area contributed by atoms with Crippen molar-refractivity contribution in [3.05, 3.63) is 0 Å². The molecule has 0 saturated heterocycles. The highest BCUT2D eigenvalue weighted by Crippen LogP contribution is 2.34. The van der Waals surface area contributed by atoms with Crippen molar-refractivity contribution in [3.63, 3.8) is 0 Å². The van der Waals surface area contributed by atoms with Crippen molar-refractivity contribution in [2.24, 2.45) is 10.9 Å². The normalized spacial score (nSPS) is 22.3. The van der Waals surface area contributed by atoms with E-state index in [0.717, 1.165) is 18.4 Å². The van der Waals surface area contributed by atoms with Crippen molar-refractivity contribution in [2.45, 2.75) is 57.0 Å². The van der Waals surface area contributed by atoms with E-state index < -0.39 is 0 Å². The van der Waals surface area contributed by atoms with Gasteiger partial charge in [0, 0.05) is 25.7 Å². The van der Waals surface area contributed by atoms with Crippen molar-refractivity contribution in [2.75, 3.05) is 27.7 Å². The molecular formula is C15H31IN4. The van der Waals surface area contributed by atoms with Crippen molar-refractivity contribution < 1.29 is 0 Å². The van der Waals surface area contributed by atoms with E-state index in [9.17, 15) is 0 Å². The Kier molecular flexibility index (Phi) is 8.17. The lowest BCUT2D eigenvalue weighted by atomic mass is 9.96. The van der Waals surface area contributed by atoms with E-state index >= 15 is 0 Å². The molecule has 0 aromatic rings. The first-order chi connectivity index (χ1) is 9.20. The molecule has 0 amide bonds. The van der Waals surface area contributed by atoms with Gasteiger partial charge in [0.1, 0.15) is 0 Å². The summed E-state index contributed by atoms with van der Waals surface area (Å²) >= 11 is 0. The summed E-state index contributed by atoms with van der Waals surface area (Å²) in [5, 5.41) is 7.10. The molecule has 0 aliphatic heterocycles. The van der Waals surface area contributed by atoms with Gasteiger partial charge in [-0.05, 0) is 45.7 Å². The van der Waals surface area contributed by atoms with Crippen LogP contribution in [0.15, 0.2) is 4.99 Å². The van der Waals surface area contributed by atoms with Gasteiger partial charge in [0.2, 0.25) is 0 Å². The number of hydrogen-bond donors (Lipinski definition) is 2. The summed E-state index contributed by atoms with van der Waals surface area (Å²) in [4.78, 5) is 6.71. The van der Waals surface area contributed by atoms with Gasteiger partial charge in [-0.25, -0.2) is 0 Å². The molecule has 2 fully saturated rings. The molecule has 118 valence electrons. The molecular weight excluding hydrogens is 363 g/mol. The Bertz CT molecular complexity index is 294. The van der Waals surface area contributed by atoms with E-state index in [2.05, 4.69) is 34.6 Å². The lowest BCUT2D eigenvalue weighted by Gasteiger charge is -2.28. The Morgan fingerprint density at radius 1 is 1.15 bits per heavy atom. The second kappa shape index (κ2) is 9.07. The zero-order valence-electron chi connectivity index (χ0n) is 13.2. The fraction of sp³-hybridized carbons (Fsp3) is 0.933. The molecule has 2 aliphatic carbocycles. The lowest BCUT2D eigenvalue weighted by molar-refractivity contribution is 0.263. The molecule has 1 atom stereocenters. The number of hydrogen-bond acceptors (Lipinski definition) is 2. The maximum Gasteiger partial charge on any atom is 0.191 e. The van der Waals surface area contributed by atoms with Gasteiger partial charge in [0.05, 0.1) is 0 Å². The first-order valence-electron chi connectivity index (χ1n) is 7.84.